The summed E-state index contributed by atoms with van der Waals surface area (Å²) in [6.07, 6.45) is -0.140. The molecule has 0 spiro atoms. The van der Waals surface area contributed by atoms with Crippen molar-refractivity contribution in [3.05, 3.63) is 68.7 Å². The molecular formula is C14H8BrClF2O. The molecule has 0 bridgehead atoms. The van der Waals surface area contributed by atoms with E-state index in [9.17, 15) is 13.6 Å². The molecule has 2 aromatic rings. The Balaban J connectivity index is 2.25. The van der Waals surface area contributed by atoms with E-state index in [1.807, 2.05) is 0 Å². The molecule has 0 aliphatic heterocycles. The van der Waals surface area contributed by atoms with Gasteiger partial charge in [0, 0.05) is 27.5 Å². The topological polar surface area (TPSA) is 17.1 Å². The van der Waals surface area contributed by atoms with Crippen LogP contribution in [0, 0.1) is 11.6 Å². The van der Waals surface area contributed by atoms with Gasteiger partial charge in [0.05, 0.1) is 0 Å². The van der Waals surface area contributed by atoms with Crippen LogP contribution in [0.4, 0.5) is 8.78 Å². The lowest BCUT2D eigenvalue weighted by atomic mass is 10.0. The van der Waals surface area contributed by atoms with Crippen LogP contribution in [0.3, 0.4) is 0 Å². The minimum atomic E-state index is -0.727. The molecule has 0 atom stereocenters. The van der Waals surface area contributed by atoms with Crippen LogP contribution in [0.15, 0.2) is 40.9 Å². The highest BCUT2D eigenvalue weighted by atomic mass is 79.9. The Hall–Kier alpha value is -1.26. The molecule has 2 rings (SSSR count). The van der Waals surface area contributed by atoms with E-state index in [4.69, 9.17) is 11.6 Å². The van der Waals surface area contributed by atoms with Gasteiger partial charge in [-0.1, -0.05) is 33.6 Å². The van der Waals surface area contributed by atoms with Crippen LogP contribution < -0.4 is 0 Å². The van der Waals surface area contributed by atoms with Gasteiger partial charge in [-0.05, 0) is 29.8 Å². The molecule has 0 N–H and O–H groups in total. The number of hydrogen-bond acceptors (Lipinski definition) is 1. The second-order valence-corrected chi connectivity index (χ2v) is 5.35. The van der Waals surface area contributed by atoms with Gasteiger partial charge in [0.2, 0.25) is 0 Å². The summed E-state index contributed by atoms with van der Waals surface area (Å²) in [4.78, 5) is 12.0. The van der Waals surface area contributed by atoms with E-state index in [0.717, 1.165) is 12.1 Å². The summed E-state index contributed by atoms with van der Waals surface area (Å²) < 4.78 is 26.9. The Morgan fingerprint density at radius 3 is 2.53 bits per heavy atom. The lowest BCUT2D eigenvalue weighted by molar-refractivity contribution is 0.0991. The Morgan fingerprint density at radius 2 is 1.89 bits per heavy atom. The van der Waals surface area contributed by atoms with Crippen molar-refractivity contribution in [2.45, 2.75) is 6.42 Å². The predicted octanol–water partition coefficient (Wildman–Crippen LogP) is 4.81. The first-order valence-electron chi connectivity index (χ1n) is 5.39. The van der Waals surface area contributed by atoms with Crippen LogP contribution in [-0.2, 0) is 6.42 Å². The van der Waals surface area contributed by atoms with Gasteiger partial charge in [0.15, 0.2) is 5.78 Å². The van der Waals surface area contributed by atoms with Crippen molar-refractivity contribution < 1.29 is 13.6 Å². The third kappa shape index (κ3) is 3.61. The van der Waals surface area contributed by atoms with E-state index < -0.39 is 11.6 Å². The van der Waals surface area contributed by atoms with E-state index in [2.05, 4.69) is 15.9 Å². The Kier molecular flexibility index (Phi) is 4.32. The van der Waals surface area contributed by atoms with Crippen molar-refractivity contribution in [1.82, 2.24) is 0 Å². The molecule has 0 unspecified atom stereocenters. The molecule has 0 heterocycles. The van der Waals surface area contributed by atoms with Crippen LogP contribution >= 0.6 is 27.5 Å². The molecule has 0 aliphatic carbocycles. The standard InChI is InChI=1S/C14H8BrClF2O/c15-10-3-9(4-11(16)6-10)14(19)5-8-1-2-12(17)7-13(8)18/h1-4,6-7H,5H2. The van der Waals surface area contributed by atoms with Gasteiger partial charge < -0.3 is 0 Å². The largest absolute Gasteiger partial charge is 0.294 e. The summed E-state index contributed by atoms with van der Waals surface area (Å²) in [5, 5.41) is 0.414. The first kappa shape index (κ1) is 14.2. The lowest BCUT2D eigenvalue weighted by Crippen LogP contribution is -2.05. The molecule has 0 saturated heterocycles. The average molecular weight is 346 g/mol. The first-order valence-corrected chi connectivity index (χ1v) is 6.56. The minimum Gasteiger partial charge on any atom is -0.294 e. The van der Waals surface area contributed by atoms with Crippen LogP contribution in [0.25, 0.3) is 0 Å². The normalized spacial score (nSPS) is 10.5. The van der Waals surface area contributed by atoms with Crippen molar-refractivity contribution in [2.75, 3.05) is 0 Å². The van der Waals surface area contributed by atoms with Gasteiger partial charge in [-0.15, -0.1) is 0 Å². The van der Waals surface area contributed by atoms with Crippen molar-refractivity contribution in [1.29, 1.82) is 0 Å². The van der Waals surface area contributed by atoms with E-state index in [1.54, 1.807) is 12.1 Å². The van der Waals surface area contributed by atoms with Gasteiger partial charge in [0.1, 0.15) is 11.6 Å². The number of carbonyl (C=O) groups excluding carboxylic acids is 1. The number of carbonyl (C=O) groups is 1. The van der Waals surface area contributed by atoms with E-state index in [1.165, 1.54) is 12.1 Å². The quantitative estimate of drug-likeness (QED) is 0.730. The monoisotopic (exact) mass is 344 g/mol. The molecule has 0 amide bonds. The van der Waals surface area contributed by atoms with E-state index >= 15 is 0 Å². The van der Waals surface area contributed by atoms with Crippen molar-refractivity contribution in [2.24, 2.45) is 0 Å². The molecule has 0 fully saturated rings. The summed E-state index contributed by atoms with van der Waals surface area (Å²) in [5.41, 5.74) is 0.533. The number of ketones is 1. The third-order valence-electron chi connectivity index (χ3n) is 2.55. The molecule has 0 saturated carbocycles. The fourth-order valence-corrected chi connectivity index (χ4v) is 2.52. The number of hydrogen-bond donors (Lipinski definition) is 0. The molecular weight excluding hydrogens is 338 g/mol. The highest BCUT2D eigenvalue weighted by Crippen LogP contribution is 2.21. The molecule has 1 nitrogen and oxygen atoms in total. The van der Waals surface area contributed by atoms with Gasteiger partial charge in [-0.2, -0.15) is 0 Å². The van der Waals surface area contributed by atoms with Gasteiger partial charge in [-0.3, -0.25) is 4.79 Å². The summed E-state index contributed by atoms with van der Waals surface area (Å²) in [6, 6.07) is 7.92. The molecule has 5 heteroatoms. The number of halogens is 4. The average Bonchev–Trinajstić information content (AvgIpc) is 2.31. The summed E-state index contributed by atoms with van der Waals surface area (Å²) >= 11 is 9.07. The maximum atomic E-state index is 13.5. The Bertz CT molecular complexity index is 623. The fraction of sp³-hybridized carbons (Fsp3) is 0.0714. The molecule has 0 aromatic heterocycles. The first-order chi connectivity index (χ1) is 8.95. The van der Waals surface area contributed by atoms with Gasteiger partial charge in [0.25, 0.3) is 0 Å². The van der Waals surface area contributed by atoms with E-state index in [0.29, 0.717) is 15.1 Å². The summed E-state index contributed by atoms with van der Waals surface area (Å²) in [5.74, 6) is -1.68. The fourth-order valence-electron chi connectivity index (χ4n) is 1.65. The maximum Gasteiger partial charge on any atom is 0.167 e. The molecule has 19 heavy (non-hydrogen) atoms. The highest BCUT2D eigenvalue weighted by Gasteiger charge is 2.12. The molecule has 0 aliphatic rings. The second kappa shape index (κ2) is 5.80. The summed E-state index contributed by atoms with van der Waals surface area (Å²) in [6.45, 7) is 0. The van der Waals surface area contributed by atoms with Gasteiger partial charge in [-0.25, -0.2) is 8.78 Å². The zero-order chi connectivity index (χ0) is 14.0. The Labute approximate surface area is 122 Å². The molecule has 0 radical (unpaired) electrons. The van der Waals surface area contributed by atoms with E-state index in [-0.39, 0.29) is 17.8 Å². The number of Topliss-reactive ketones (excluding diaryl/α,β-unsaturated/α-hetero) is 1. The summed E-state index contributed by atoms with van der Waals surface area (Å²) in [7, 11) is 0. The smallest absolute Gasteiger partial charge is 0.167 e. The molecule has 98 valence electrons. The van der Waals surface area contributed by atoms with Crippen LogP contribution in [0.2, 0.25) is 5.02 Å². The zero-order valence-electron chi connectivity index (χ0n) is 9.59. The van der Waals surface area contributed by atoms with Crippen molar-refractivity contribution >= 4 is 33.3 Å². The van der Waals surface area contributed by atoms with Gasteiger partial charge >= 0.3 is 0 Å². The highest BCUT2D eigenvalue weighted by molar-refractivity contribution is 9.10. The molecule has 2 aromatic carbocycles. The maximum absolute atomic E-state index is 13.5. The number of benzene rings is 2. The van der Waals surface area contributed by atoms with Crippen molar-refractivity contribution in [3.8, 4) is 0 Å². The van der Waals surface area contributed by atoms with Crippen LogP contribution in [-0.4, -0.2) is 5.78 Å². The zero-order valence-corrected chi connectivity index (χ0v) is 11.9. The lowest BCUT2D eigenvalue weighted by Gasteiger charge is -2.04. The SMILES string of the molecule is O=C(Cc1ccc(F)cc1F)c1cc(Cl)cc(Br)c1. The minimum absolute atomic E-state index is 0.140. The second-order valence-electron chi connectivity index (χ2n) is 3.99. The Morgan fingerprint density at radius 1 is 1.16 bits per heavy atom. The third-order valence-corrected chi connectivity index (χ3v) is 3.23. The predicted molar refractivity (Wildman–Crippen MR) is 73.5 cm³/mol. The number of rotatable bonds is 3. The van der Waals surface area contributed by atoms with Crippen LogP contribution in [0.1, 0.15) is 15.9 Å². The van der Waals surface area contributed by atoms with Crippen molar-refractivity contribution in [3.63, 3.8) is 0 Å². The van der Waals surface area contributed by atoms with Crippen LogP contribution in [0.5, 0.6) is 0 Å².